The molecule has 0 radical (unpaired) electrons. The lowest BCUT2D eigenvalue weighted by atomic mass is 10.2. The lowest BCUT2D eigenvalue weighted by Gasteiger charge is -2.25. The van der Waals surface area contributed by atoms with Gasteiger partial charge in [0.15, 0.2) is 5.69 Å². The first kappa shape index (κ1) is 17.5. The van der Waals surface area contributed by atoms with Gasteiger partial charge in [0.2, 0.25) is 0 Å². The second kappa shape index (κ2) is 8.71. The number of hydrazine groups is 1. The van der Waals surface area contributed by atoms with Crippen LogP contribution in [0, 0.1) is 5.92 Å². The van der Waals surface area contributed by atoms with Crippen molar-refractivity contribution in [3.05, 3.63) is 11.9 Å². The summed E-state index contributed by atoms with van der Waals surface area (Å²) in [6.07, 6.45) is 1.61. The molecule has 0 spiro atoms. The monoisotopic (exact) mass is 297 g/mol. The molecule has 1 amide bonds. The van der Waals surface area contributed by atoms with Gasteiger partial charge in [0.05, 0.1) is 12.7 Å². The van der Waals surface area contributed by atoms with Crippen molar-refractivity contribution in [3.8, 4) is 0 Å². The van der Waals surface area contributed by atoms with Crippen LogP contribution in [-0.2, 0) is 6.54 Å². The fourth-order valence-electron chi connectivity index (χ4n) is 1.98. The number of likely N-dealkylation sites (N-methyl/N-ethyl adjacent to an activating group) is 1. The number of carbonyl (C=O) groups is 1. The second-order valence-electron chi connectivity index (χ2n) is 5.84. The Balaban J connectivity index is 2.51. The number of hydrogen-bond acceptors (Lipinski definition) is 6. The maximum Gasteiger partial charge on any atom is 0.287 e. The first-order valence-electron chi connectivity index (χ1n) is 7.20. The van der Waals surface area contributed by atoms with Gasteiger partial charge in [-0.1, -0.05) is 19.1 Å². The van der Waals surface area contributed by atoms with Crippen molar-refractivity contribution < 1.29 is 4.79 Å². The molecule has 0 fully saturated rings. The molecule has 1 aromatic rings. The lowest BCUT2D eigenvalue weighted by Crippen LogP contribution is -2.36. The van der Waals surface area contributed by atoms with E-state index >= 15 is 0 Å². The Morgan fingerprint density at radius 3 is 2.67 bits per heavy atom. The third kappa shape index (κ3) is 6.65. The highest BCUT2D eigenvalue weighted by atomic mass is 16.2. The predicted molar refractivity (Wildman–Crippen MR) is 81.5 cm³/mol. The smallest absolute Gasteiger partial charge is 0.287 e. The Bertz CT molecular complexity index is 430. The highest BCUT2D eigenvalue weighted by molar-refractivity contribution is 5.91. The molecule has 8 nitrogen and oxygen atoms in total. The number of carbonyl (C=O) groups excluding carboxylic acids is 1. The van der Waals surface area contributed by atoms with Crippen LogP contribution >= 0.6 is 0 Å². The molecule has 0 saturated carbocycles. The van der Waals surface area contributed by atoms with Crippen molar-refractivity contribution in [3.63, 3.8) is 0 Å². The highest BCUT2D eigenvalue weighted by Gasteiger charge is 2.11. The summed E-state index contributed by atoms with van der Waals surface area (Å²) in [7, 11) is 4.14. The maximum absolute atomic E-state index is 11.3. The molecule has 1 heterocycles. The molecular weight excluding hydrogens is 270 g/mol. The van der Waals surface area contributed by atoms with Gasteiger partial charge >= 0.3 is 0 Å². The van der Waals surface area contributed by atoms with Gasteiger partial charge in [0, 0.05) is 26.2 Å². The fourth-order valence-corrected chi connectivity index (χ4v) is 1.98. The summed E-state index contributed by atoms with van der Waals surface area (Å²) >= 11 is 0. The standard InChI is InChI=1S/C13H27N7O/c1-11(2)9-19(6-5-18(3)4)7-8-20-10-12(16-17-20)13(21)15-14/h10-11H,5-9,14H2,1-4H3,(H,15,21). The van der Waals surface area contributed by atoms with Crippen molar-refractivity contribution in [2.24, 2.45) is 11.8 Å². The molecule has 0 aromatic carbocycles. The zero-order valence-electron chi connectivity index (χ0n) is 13.4. The van der Waals surface area contributed by atoms with Gasteiger partial charge in [-0.3, -0.25) is 19.8 Å². The van der Waals surface area contributed by atoms with E-state index in [4.69, 9.17) is 5.84 Å². The molecule has 0 atom stereocenters. The van der Waals surface area contributed by atoms with Crippen LogP contribution in [-0.4, -0.2) is 71.0 Å². The average Bonchev–Trinajstić information content (AvgIpc) is 2.89. The van der Waals surface area contributed by atoms with E-state index in [1.807, 2.05) is 5.43 Å². The van der Waals surface area contributed by atoms with Crippen molar-refractivity contribution in [1.29, 1.82) is 0 Å². The zero-order chi connectivity index (χ0) is 15.8. The summed E-state index contributed by atoms with van der Waals surface area (Å²) in [5, 5.41) is 7.74. The topological polar surface area (TPSA) is 92.3 Å². The summed E-state index contributed by atoms with van der Waals surface area (Å²) in [5.74, 6) is 5.26. The summed E-state index contributed by atoms with van der Waals surface area (Å²) < 4.78 is 1.67. The Hall–Kier alpha value is -1.51. The van der Waals surface area contributed by atoms with Gasteiger partial charge in [-0.15, -0.1) is 5.10 Å². The zero-order valence-corrected chi connectivity index (χ0v) is 13.4. The lowest BCUT2D eigenvalue weighted by molar-refractivity contribution is 0.0948. The number of nitrogens with zero attached hydrogens (tertiary/aromatic N) is 5. The number of hydrogen-bond donors (Lipinski definition) is 2. The number of nitrogen functional groups attached to an aromatic ring is 1. The molecular formula is C13H27N7O. The van der Waals surface area contributed by atoms with Gasteiger partial charge in [-0.2, -0.15) is 0 Å². The summed E-state index contributed by atoms with van der Waals surface area (Å²) in [6, 6.07) is 0. The van der Waals surface area contributed by atoms with Crippen LogP contribution in [0.3, 0.4) is 0 Å². The Morgan fingerprint density at radius 2 is 2.10 bits per heavy atom. The van der Waals surface area contributed by atoms with Gasteiger partial charge in [-0.25, -0.2) is 5.84 Å². The van der Waals surface area contributed by atoms with Crippen LogP contribution in [0.15, 0.2) is 6.20 Å². The number of nitrogens with two attached hydrogens (primary N) is 1. The Kier molecular flexibility index (Phi) is 7.27. The molecule has 21 heavy (non-hydrogen) atoms. The molecule has 8 heteroatoms. The molecule has 120 valence electrons. The van der Waals surface area contributed by atoms with Crippen LogP contribution in [0.5, 0.6) is 0 Å². The van der Waals surface area contributed by atoms with Gasteiger partial charge in [0.25, 0.3) is 5.91 Å². The molecule has 0 aliphatic heterocycles. The van der Waals surface area contributed by atoms with Crippen LogP contribution in [0.2, 0.25) is 0 Å². The van der Waals surface area contributed by atoms with Gasteiger partial charge < -0.3 is 4.90 Å². The number of rotatable bonds is 9. The number of nitrogens with one attached hydrogen (secondary N) is 1. The van der Waals surface area contributed by atoms with Crippen molar-refractivity contribution >= 4 is 5.91 Å². The molecule has 0 unspecified atom stereocenters. The van der Waals surface area contributed by atoms with E-state index in [2.05, 4.69) is 48.1 Å². The van der Waals surface area contributed by atoms with E-state index in [9.17, 15) is 4.79 Å². The SMILES string of the molecule is CC(C)CN(CCN(C)C)CCn1cc(C(=O)NN)nn1. The van der Waals surface area contributed by atoms with Gasteiger partial charge in [-0.05, 0) is 20.0 Å². The highest BCUT2D eigenvalue weighted by Crippen LogP contribution is 2.00. The van der Waals surface area contributed by atoms with Crippen molar-refractivity contribution in [1.82, 2.24) is 30.2 Å². The second-order valence-corrected chi connectivity index (χ2v) is 5.84. The minimum atomic E-state index is -0.423. The van der Waals surface area contributed by atoms with Crippen molar-refractivity contribution in [2.75, 3.05) is 40.3 Å². The van der Waals surface area contributed by atoms with E-state index in [0.29, 0.717) is 12.5 Å². The largest absolute Gasteiger partial charge is 0.308 e. The first-order valence-corrected chi connectivity index (χ1v) is 7.20. The minimum Gasteiger partial charge on any atom is -0.308 e. The molecule has 1 aromatic heterocycles. The van der Waals surface area contributed by atoms with Crippen LogP contribution in [0.4, 0.5) is 0 Å². The maximum atomic E-state index is 11.3. The van der Waals surface area contributed by atoms with Gasteiger partial charge in [0.1, 0.15) is 0 Å². The normalized spacial score (nSPS) is 11.6. The quantitative estimate of drug-likeness (QED) is 0.359. The molecule has 0 saturated heterocycles. The van der Waals surface area contributed by atoms with E-state index in [0.717, 1.165) is 26.2 Å². The predicted octanol–water partition coefficient (Wildman–Crippen LogP) is -0.599. The summed E-state index contributed by atoms with van der Waals surface area (Å²) in [5.41, 5.74) is 2.28. The van der Waals surface area contributed by atoms with Crippen LogP contribution in [0.25, 0.3) is 0 Å². The van der Waals surface area contributed by atoms with Crippen LogP contribution in [0.1, 0.15) is 24.3 Å². The average molecular weight is 297 g/mol. The Morgan fingerprint density at radius 1 is 1.38 bits per heavy atom. The summed E-state index contributed by atoms with van der Waals surface area (Å²) in [6.45, 7) is 9.06. The molecule has 1 rings (SSSR count). The number of aromatic nitrogens is 3. The van der Waals surface area contributed by atoms with E-state index in [1.165, 1.54) is 0 Å². The molecule has 3 N–H and O–H groups in total. The van der Waals surface area contributed by atoms with E-state index in [1.54, 1.807) is 10.9 Å². The van der Waals surface area contributed by atoms with Crippen LogP contribution < -0.4 is 11.3 Å². The molecule has 0 aliphatic carbocycles. The minimum absolute atomic E-state index is 0.237. The van der Waals surface area contributed by atoms with E-state index < -0.39 is 5.91 Å². The van der Waals surface area contributed by atoms with Crippen molar-refractivity contribution in [2.45, 2.75) is 20.4 Å². The fraction of sp³-hybridized carbons (Fsp3) is 0.769. The first-order chi connectivity index (χ1) is 9.92. The third-order valence-electron chi connectivity index (χ3n) is 3.03. The Labute approximate surface area is 126 Å². The molecule has 0 aliphatic rings. The number of amides is 1. The summed E-state index contributed by atoms with van der Waals surface area (Å²) in [4.78, 5) is 15.9. The third-order valence-corrected chi connectivity index (χ3v) is 3.03. The van der Waals surface area contributed by atoms with E-state index in [-0.39, 0.29) is 5.69 Å². The molecule has 0 bridgehead atoms.